The van der Waals surface area contributed by atoms with Crippen molar-refractivity contribution in [2.75, 3.05) is 6.61 Å². The van der Waals surface area contributed by atoms with Crippen LogP contribution in [0.15, 0.2) is 47.4 Å². The highest BCUT2D eigenvalue weighted by Gasteiger charge is 2.41. The smallest absolute Gasteiger partial charge is 0.282 e. The molecule has 8 nitrogen and oxygen atoms in total. The number of fused-ring (bicyclic) bond motifs is 3. The quantitative estimate of drug-likeness (QED) is 0.492. The summed E-state index contributed by atoms with van der Waals surface area (Å²) in [6.45, 7) is 0.199. The first kappa shape index (κ1) is 24.7. The molecule has 3 heterocycles. The molecule has 38 heavy (non-hydrogen) atoms. The van der Waals surface area contributed by atoms with E-state index in [1.54, 1.807) is 18.2 Å². The third-order valence-corrected chi connectivity index (χ3v) is 9.15. The molecule has 2 fully saturated rings. The van der Waals surface area contributed by atoms with Gasteiger partial charge in [-0.3, -0.25) is 9.59 Å². The monoisotopic (exact) mass is 541 g/mol. The number of aromatic amines is 1. The highest BCUT2D eigenvalue weighted by atomic mass is 32.2. The molecule has 0 bridgehead atoms. The Balaban J connectivity index is 1.63. The summed E-state index contributed by atoms with van der Waals surface area (Å²) in [4.78, 5) is 29.4. The molecule has 2 atom stereocenters. The Morgan fingerprint density at radius 3 is 2.76 bits per heavy atom. The fourth-order valence-corrected chi connectivity index (χ4v) is 6.68. The number of rotatable bonds is 6. The van der Waals surface area contributed by atoms with Gasteiger partial charge in [0.15, 0.2) is 0 Å². The number of amides is 1. The molecule has 1 aromatic carbocycles. The highest BCUT2D eigenvalue weighted by Crippen LogP contribution is 2.47. The SMILES string of the molecule is O=C(NS(=O)(=O)C1CC1)c1c(-c2ccc[nH]c2=O)c2c(n1Cc1cc(F)ccc1F)C=CC1CCCOC21. The average molecular weight is 542 g/mol. The number of nitrogens with one attached hydrogen (secondary N) is 2. The summed E-state index contributed by atoms with van der Waals surface area (Å²) in [6, 6.07) is 6.18. The fourth-order valence-electron chi connectivity index (χ4n) is 5.40. The van der Waals surface area contributed by atoms with E-state index in [1.807, 2.05) is 6.08 Å². The lowest BCUT2D eigenvalue weighted by molar-refractivity contribution is -0.0132. The van der Waals surface area contributed by atoms with E-state index in [1.165, 1.54) is 10.8 Å². The number of ether oxygens (including phenoxy) is 1. The van der Waals surface area contributed by atoms with Gasteiger partial charge in [-0.1, -0.05) is 6.08 Å². The summed E-state index contributed by atoms with van der Waals surface area (Å²) in [6.07, 6.45) is 7.25. The molecule has 0 spiro atoms. The number of pyridine rings is 1. The number of nitrogens with zero attached hydrogens (tertiary/aromatic N) is 1. The molecule has 1 amide bonds. The molecule has 3 aliphatic rings. The van der Waals surface area contributed by atoms with E-state index >= 15 is 0 Å². The minimum absolute atomic E-state index is 0.0225. The van der Waals surface area contributed by atoms with E-state index in [0.29, 0.717) is 30.7 Å². The minimum Gasteiger partial charge on any atom is -0.373 e. The van der Waals surface area contributed by atoms with Gasteiger partial charge < -0.3 is 14.3 Å². The van der Waals surface area contributed by atoms with E-state index < -0.39 is 44.5 Å². The molecule has 198 valence electrons. The van der Waals surface area contributed by atoms with Crippen molar-refractivity contribution in [3.63, 3.8) is 0 Å². The molecule has 6 rings (SSSR count). The van der Waals surface area contributed by atoms with Crippen molar-refractivity contribution >= 4 is 22.0 Å². The van der Waals surface area contributed by atoms with Gasteiger partial charge in [0, 0.05) is 46.7 Å². The molecular weight excluding hydrogens is 516 g/mol. The normalized spacial score (nSPS) is 20.6. The van der Waals surface area contributed by atoms with Gasteiger partial charge in [0.2, 0.25) is 10.0 Å². The van der Waals surface area contributed by atoms with Crippen LogP contribution in [0.2, 0.25) is 0 Å². The van der Waals surface area contributed by atoms with E-state index in [0.717, 1.165) is 31.0 Å². The average Bonchev–Trinajstić information content (AvgIpc) is 3.70. The molecule has 2 N–H and O–H groups in total. The van der Waals surface area contributed by atoms with Crippen LogP contribution in [0.5, 0.6) is 0 Å². The van der Waals surface area contributed by atoms with E-state index in [4.69, 9.17) is 4.74 Å². The van der Waals surface area contributed by atoms with Gasteiger partial charge in [0.25, 0.3) is 11.5 Å². The summed E-state index contributed by atoms with van der Waals surface area (Å²) in [7, 11) is -3.95. The van der Waals surface area contributed by atoms with Crippen LogP contribution in [0.3, 0.4) is 0 Å². The Morgan fingerprint density at radius 2 is 2.00 bits per heavy atom. The van der Waals surface area contributed by atoms with Gasteiger partial charge in [-0.05, 0) is 62.1 Å². The molecule has 2 unspecified atom stereocenters. The first-order valence-corrected chi connectivity index (χ1v) is 14.0. The van der Waals surface area contributed by atoms with Crippen molar-refractivity contribution in [3.05, 3.63) is 87.1 Å². The number of hydrogen-bond donors (Lipinski definition) is 2. The largest absolute Gasteiger partial charge is 0.373 e. The van der Waals surface area contributed by atoms with Crippen LogP contribution in [-0.2, 0) is 21.3 Å². The lowest BCUT2D eigenvalue weighted by Gasteiger charge is -2.33. The van der Waals surface area contributed by atoms with Crippen molar-refractivity contribution in [1.29, 1.82) is 0 Å². The Labute approximate surface area is 217 Å². The highest BCUT2D eigenvalue weighted by molar-refractivity contribution is 7.91. The molecule has 0 radical (unpaired) electrons. The molecule has 11 heteroatoms. The third-order valence-electron chi connectivity index (χ3n) is 7.33. The second-order valence-electron chi connectivity index (χ2n) is 9.89. The summed E-state index contributed by atoms with van der Waals surface area (Å²) in [5.74, 6) is -2.31. The van der Waals surface area contributed by atoms with Gasteiger partial charge in [-0.25, -0.2) is 21.9 Å². The zero-order valence-electron chi connectivity index (χ0n) is 20.2. The van der Waals surface area contributed by atoms with Gasteiger partial charge in [0.1, 0.15) is 17.3 Å². The summed E-state index contributed by atoms with van der Waals surface area (Å²) in [5, 5.41) is -0.667. The molecule has 1 saturated heterocycles. The molecule has 2 aromatic heterocycles. The molecule has 1 saturated carbocycles. The van der Waals surface area contributed by atoms with E-state index in [2.05, 4.69) is 9.71 Å². The molecule has 1 aliphatic heterocycles. The van der Waals surface area contributed by atoms with E-state index in [-0.39, 0.29) is 34.8 Å². The number of H-pyrrole nitrogens is 1. The number of benzene rings is 1. The maximum Gasteiger partial charge on any atom is 0.282 e. The topological polar surface area (TPSA) is 110 Å². The van der Waals surface area contributed by atoms with Crippen LogP contribution in [0.4, 0.5) is 8.78 Å². The van der Waals surface area contributed by atoms with Gasteiger partial charge in [-0.15, -0.1) is 0 Å². The second-order valence-corrected chi connectivity index (χ2v) is 11.9. The lowest BCUT2D eigenvalue weighted by Crippen LogP contribution is -2.35. The number of aromatic nitrogens is 2. The summed E-state index contributed by atoms with van der Waals surface area (Å²) < 4.78 is 64.2. The number of hydrogen-bond acceptors (Lipinski definition) is 5. The molecule has 3 aromatic rings. The maximum absolute atomic E-state index is 14.8. The van der Waals surface area contributed by atoms with Crippen LogP contribution in [0, 0.1) is 17.6 Å². The second kappa shape index (κ2) is 9.32. The maximum atomic E-state index is 14.8. The first-order chi connectivity index (χ1) is 18.2. The standard InChI is InChI=1S/C27H25F2N3O5S/c28-17-6-9-20(29)16(13-17)14-32-21-10-5-15-3-2-12-37-25(15)23(21)22(19-4-1-11-30-26(19)33)24(32)27(34)31-38(35,36)18-7-8-18/h1,4-6,9-11,13,15,18,25H,2-3,7-8,12,14H2,(H,30,33)(H,31,34). The lowest BCUT2D eigenvalue weighted by atomic mass is 9.82. The number of carbonyl (C=O) groups excluding carboxylic acids is 1. The molecular formula is C27H25F2N3O5S. The Bertz CT molecular complexity index is 1640. The zero-order valence-corrected chi connectivity index (χ0v) is 21.1. The van der Waals surface area contributed by atoms with Gasteiger partial charge in [0.05, 0.1) is 17.9 Å². The van der Waals surface area contributed by atoms with Gasteiger partial charge >= 0.3 is 0 Å². The van der Waals surface area contributed by atoms with Crippen molar-refractivity contribution in [1.82, 2.24) is 14.3 Å². The third kappa shape index (κ3) is 4.29. The fraction of sp³-hybridized carbons (Fsp3) is 0.333. The number of halogens is 2. The summed E-state index contributed by atoms with van der Waals surface area (Å²) >= 11 is 0. The van der Waals surface area contributed by atoms with Crippen molar-refractivity contribution < 1.29 is 26.7 Å². The zero-order chi connectivity index (χ0) is 26.6. The van der Waals surface area contributed by atoms with Crippen LogP contribution >= 0.6 is 0 Å². The number of carbonyl (C=O) groups is 1. The first-order valence-electron chi connectivity index (χ1n) is 12.5. The Kier molecular flexibility index (Phi) is 6.07. The van der Waals surface area contributed by atoms with Crippen molar-refractivity contribution in [2.45, 2.75) is 43.6 Å². The molecule has 2 aliphatic carbocycles. The Morgan fingerprint density at radius 1 is 1.18 bits per heavy atom. The minimum atomic E-state index is -3.95. The van der Waals surface area contributed by atoms with Gasteiger partial charge in [-0.2, -0.15) is 0 Å². The predicted molar refractivity (Wildman–Crippen MR) is 136 cm³/mol. The van der Waals surface area contributed by atoms with Crippen LogP contribution in [0.25, 0.3) is 17.2 Å². The van der Waals surface area contributed by atoms with E-state index in [9.17, 15) is 26.8 Å². The van der Waals surface area contributed by atoms with Crippen LogP contribution in [-0.4, -0.2) is 35.7 Å². The summed E-state index contributed by atoms with van der Waals surface area (Å²) in [5.41, 5.74) is 0.770. The van der Waals surface area contributed by atoms with Crippen LogP contribution < -0.4 is 10.3 Å². The van der Waals surface area contributed by atoms with Crippen LogP contribution in [0.1, 0.15) is 59.1 Å². The predicted octanol–water partition coefficient (Wildman–Crippen LogP) is 3.89. The Hall–Kier alpha value is -3.57. The van der Waals surface area contributed by atoms with Crippen molar-refractivity contribution in [2.24, 2.45) is 5.92 Å². The number of sulfonamides is 1. The van der Waals surface area contributed by atoms with Crippen molar-refractivity contribution in [3.8, 4) is 11.1 Å².